The van der Waals surface area contributed by atoms with Crippen LogP contribution in [0.4, 0.5) is 11.4 Å². The van der Waals surface area contributed by atoms with Crippen LogP contribution in [0.25, 0.3) is 0 Å². The molecule has 3 nitrogen and oxygen atoms in total. The molecule has 3 aromatic carbocycles. The van der Waals surface area contributed by atoms with Crippen molar-refractivity contribution >= 4 is 11.4 Å². The standard InChI is InChI=1S/C22H23NO2/c1-16-9-10-18(12-11-17-5-3-8-21(13-17)25-2)14-22(16)23-19-6-4-7-20(24)15-19/h3-10,13-15,23-24H,11-12H2,1-2H3. The van der Waals surface area contributed by atoms with Gasteiger partial charge in [-0.3, -0.25) is 0 Å². The number of aryl methyl sites for hydroxylation is 3. The molecule has 0 bridgehead atoms. The van der Waals surface area contributed by atoms with Gasteiger partial charge in [-0.25, -0.2) is 0 Å². The number of nitrogens with one attached hydrogen (secondary N) is 1. The Kier molecular flexibility index (Phi) is 5.24. The van der Waals surface area contributed by atoms with E-state index in [0.717, 1.165) is 30.0 Å². The van der Waals surface area contributed by atoms with E-state index >= 15 is 0 Å². The van der Waals surface area contributed by atoms with Crippen LogP contribution in [-0.2, 0) is 12.8 Å². The molecule has 0 radical (unpaired) electrons. The van der Waals surface area contributed by atoms with Gasteiger partial charge in [0.25, 0.3) is 0 Å². The number of rotatable bonds is 6. The molecule has 128 valence electrons. The Hall–Kier alpha value is -2.94. The largest absolute Gasteiger partial charge is 0.508 e. The Morgan fingerprint density at radius 3 is 2.40 bits per heavy atom. The molecule has 0 aliphatic rings. The zero-order valence-electron chi connectivity index (χ0n) is 14.6. The van der Waals surface area contributed by atoms with Crippen LogP contribution < -0.4 is 10.1 Å². The van der Waals surface area contributed by atoms with Crippen molar-refractivity contribution in [3.63, 3.8) is 0 Å². The number of benzene rings is 3. The first-order chi connectivity index (χ1) is 12.1. The van der Waals surface area contributed by atoms with E-state index in [0.29, 0.717) is 0 Å². The minimum Gasteiger partial charge on any atom is -0.508 e. The zero-order valence-corrected chi connectivity index (χ0v) is 14.6. The smallest absolute Gasteiger partial charge is 0.119 e. The Labute approximate surface area is 148 Å². The van der Waals surface area contributed by atoms with Gasteiger partial charge in [-0.1, -0.05) is 30.3 Å². The quantitative estimate of drug-likeness (QED) is 0.648. The van der Waals surface area contributed by atoms with Crippen LogP contribution in [0.2, 0.25) is 0 Å². The molecule has 0 aromatic heterocycles. The number of anilines is 2. The van der Waals surface area contributed by atoms with Gasteiger partial charge in [-0.05, 0) is 66.8 Å². The summed E-state index contributed by atoms with van der Waals surface area (Å²) in [4.78, 5) is 0. The third-order valence-electron chi connectivity index (χ3n) is 4.26. The highest BCUT2D eigenvalue weighted by molar-refractivity contribution is 5.64. The molecule has 0 atom stereocenters. The molecule has 3 heteroatoms. The lowest BCUT2D eigenvalue weighted by molar-refractivity contribution is 0.414. The Balaban J connectivity index is 1.72. The fraction of sp³-hybridized carbons (Fsp3) is 0.182. The molecule has 3 rings (SSSR count). The number of ether oxygens (including phenoxy) is 1. The molecule has 3 aromatic rings. The van der Waals surface area contributed by atoms with Crippen LogP contribution in [0.15, 0.2) is 66.7 Å². The molecule has 2 N–H and O–H groups in total. The third kappa shape index (κ3) is 4.54. The van der Waals surface area contributed by atoms with Gasteiger partial charge in [0.15, 0.2) is 0 Å². The first-order valence-electron chi connectivity index (χ1n) is 8.42. The van der Waals surface area contributed by atoms with E-state index in [1.165, 1.54) is 16.7 Å². The summed E-state index contributed by atoms with van der Waals surface area (Å²) in [5.74, 6) is 1.16. The first-order valence-corrected chi connectivity index (χ1v) is 8.42. The highest BCUT2D eigenvalue weighted by atomic mass is 16.5. The maximum atomic E-state index is 9.62. The molecule has 0 fully saturated rings. The van der Waals surface area contributed by atoms with E-state index in [1.807, 2.05) is 24.3 Å². The summed E-state index contributed by atoms with van der Waals surface area (Å²) in [5, 5.41) is 13.0. The van der Waals surface area contributed by atoms with Crippen molar-refractivity contribution in [1.82, 2.24) is 0 Å². The third-order valence-corrected chi connectivity index (χ3v) is 4.26. The van der Waals surface area contributed by atoms with E-state index in [-0.39, 0.29) is 5.75 Å². The van der Waals surface area contributed by atoms with E-state index in [9.17, 15) is 5.11 Å². The van der Waals surface area contributed by atoms with Crippen molar-refractivity contribution in [3.8, 4) is 11.5 Å². The topological polar surface area (TPSA) is 41.5 Å². The fourth-order valence-electron chi connectivity index (χ4n) is 2.82. The van der Waals surface area contributed by atoms with Crippen LogP contribution >= 0.6 is 0 Å². The van der Waals surface area contributed by atoms with Gasteiger partial charge in [0.2, 0.25) is 0 Å². The fourth-order valence-corrected chi connectivity index (χ4v) is 2.82. The van der Waals surface area contributed by atoms with Crippen molar-refractivity contribution in [2.45, 2.75) is 19.8 Å². The molecular formula is C22H23NO2. The van der Waals surface area contributed by atoms with Gasteiger partial charge in [0.1, 0.15) is 11.5 Å². The lowest BCUT2D eigenvalue weighted by atomic mass is 10.0. The van der Waals surface area contributed by atoms with Gasteiger partial charge < -0.3 is 15.2 Å². The predicted octanol–water partition coefficient (Wildman–Crippen LogP) is 5.24. The monoisotopic (exact) mass is 333 g/mol. The van der Waals surface area contributed by atoms with Gasteiger partial charge in [-0.2, -0.15) is 0 Å². The molecule has 0 unspecified atom stereocenters. The molecule has 0 heterocycles. The van der Waals surface area contributed by atoms with Gasteiger partial charge in [0.05, 0.1) is 7.11 Å². The minimum absolute atomic E-state index is 0.261. The summed E-state index contributed by atoms with van der Waals surface area (Å²) in [7, 11) is 1.69. The lowest BCUT2D eigenvalue weighted by Crippen LogP contribution is -1.97. The number of phenolic OH excluding ortho intramolecular Hbond substituents is 1. The highest BCUT2D eigenvalue weighted by Crippen LogP contribution is 2.25. The number of hydrogen-bond acceptors (Lipinski definition) is 3. The molecule has 0 saturated heterocycles. The molecule has 0 amide bonds. The molecule has 0 saturated carbocycles. The number of methoxy groups -OCH3 is 1. The van der Waals surface area contributed by atoms with Crippen LogP contribution in [0.3, 0.4) is 0 Å². The second kappa shape index (κ2) is 7.75. The maximum absolute atomic E-state index is 9.62. The van der Waals surface area contributed by atoms with Gasteiger partial charge >= 0.3 is 0 Å². The molecule has 0 aliphatic carbocycles. The van der Waals surface area contributed by atoms with Gasteiger partial charge in [0, 0.05) is 17.4 Å². The average molecular weight is 333 g/mol. The Morgan fingerprint density at radius 1 is 0.880 bits per heavy atom. The second-order valence-corrected chi connectivity index (χ2v) is 6.18. The minimum atomic E-state index is 0.261. The summed E-state index contributed by atoms with van der Waals surface area (Å²) in [6.45, 7) is 2.08. The second-order valence-electron chi connectivity index (χ2n) is 6.18. The van der Waals surface area contributed by atoms with Crippen molar-refractivity contribution in [2.24, 2.45) is 0 Å². The number of aromatic hydroxyl groups is 1. The van der Waals surface area contributed by atoms with Crippen LogP contribution in [0.1, 0.15) is 16.7 Å². The van der Waals surface area contributed by atoms with E-state index < -0.39 is 0 Å². The first kappa shape index (κ1) is 16.9. The normalized spacial score (nSPS) is 10.5. The maximum Gasteiger partial charge on any atom is 0.119 e. The Bertz CT molecular complexity index is 858. The summed E-state index contributed by atoms with van der Waals surface area (Å²) in [5.41, 5.74) is 5.66. The molecule has 25 heavy (non-hydrogen) atoms. The van der Waals surface area contributed by atoms with E-state index in [2.05, 4.69) is 42.6 Å². The zero-order chi connectivity index (χ0) is 17.6. The van der Waals surface area contributed by atoms with Crippen LogP contribution in [-0.4, -0.2) is 12.2 Å². The van der Waals surface area contributed by atoms with E-state index in [1.54, 1.807) is 19.2 Å². The summed E-state index contributed by atoms with van der Waals surface area (Å²) in [6, 6.07) is 21.9. The van der Waals surface area contributed by atoms with Crippen molar-refractivity contribution in [2.75, 3.05) is 12.4 Å². The molecular weight excluding hydrogens is 310 g/mol. The number of phenols is 1. The van der Waals surface area contributed by atoms with Crippen LogP contribution in [0, 0.1) is 6.92 Å². The van der Waals surface area contributed by atoms with Crippen molar-refractivity contribution < 1.29 is 9.84 Å². The predicted molar refractivity (Wildman–Crippen MR) is 103 cm³/mol. The summed E-state index contributed by atoms with van der Waals surface area (Å²) < 4.78 is 5.29. The SMILES string of the molecule is COc1cccc(CCc2ccc(C)c(Nc3cccc(O)c3)c2)c1. The van der Waals surface area contributed by atoms with Crippen molar-refractivity contribution in [1.29, 1.82) is 0 Å². The van der Waals surface area contributed by atoms with Crippen molar-refractivity contribution in [3.05, 3.63) is 83.4 Å². The lowest BCUT2D eigenvalue weighted by Gasteiger charge is -2.12. The van der Waals surface area contributed by atoms with Gasteiger partial charge in [-0.15, -0.1) is 0 Å². The van der Waals surface area contributed by atoms with E-state index in [4.69, 9.17) is 4.74 Å². The average Bonchev–Trinajstić information content (AvgIpc) is 2.62. The highest BCUT2D eigenvalue weighted by Gasteiger charge is 2.04. The summed E-state index contributed by atoms with van der Waals surface area (Å²) in [6.07, 6.45) is 1.92. The Morgan fingerprint density at radius 2 is 1.64 bits per heavy atom. The molecule has 0 aliphatic heterocycles. The number of hydrogen-bond donors (Lipinski definition) is 2. The molecule has 0 spiro atoms. The summed E-state index contributed by atoms with van der Waals surface area (Å²) >= 11 is 0. The van der Waals surface area contributed by atoms with Crippen LogP contribution in [0.5, 0.6) is 11.5 Å².